The average Bonchev–Trinajstić information content (AvgIpc) is 3.00. The first kappa shape index (κ1) is 23.0. The van der Waals surface area contributed by atoms with Crippen LogP contribution >= 0.6 is 0 Å². The number of aryl methyl sites for hydroxylation is 1. The molecular formula is C33H35FN6O2. The molecule has 3 aromatic heterocycles. The van der Waals surface area contributed by atoms with Crippen molar-refractivity contribution in [2.75, 3.05) is 24.5 Å². The van der Waals surface area contributed by atoms with Gasteiger partial charge in [-0.15, -0.1) is 0 Å². The summed E-state index contributed by atoms with van der Waals surface area (Å²) in [6.45, 7) is 8.32. The van der Waals surface area contributed by atoms with Gasteiger partial charge in [-0.3, -0.25) is 9.78 Å². The van der Waals surface area contributed by atoms with E-state index >= 15 is 4.39 Å². The number of carbonyl (C=O) groups is 1. The summed E-state index contributed by atoms with van der Waals surface area (Å²) in [5, 5.41) is 0.227. The van der Waals surface area contributed by atoms with E-state index in [2.05, 4.69) is 16.5 Å². The quantitative estimate of drug-likeness (QED) is 0.277. The summed E-state index contributed by atoms with van der Waals surface area (Å²) in [7, 11) is 0. The number of benzene rings is 1. The van der Waals surface area contributed by atoms with Gasteiger partial charge in [-0.1, -0.05) is 56.8 Å². The third-order valence-corrected chi connectivity index (χ3v) is 7.56. The SMILES string of the molecule is [2H]C([2H])=C(c1ccccc1-c1nc2c(cc1F)c(N1CCN(C(=O)C=C)C[C@@H]1C)nc(=O)n2-c1c(C)ccnc1C(C)C)C([2H])([2H])[2H]. The number of hydrogen-bond acceptors (Lipinski definition) is 6. The van der Waals surface area contributed by atoms with Gasteiger partial charge in [0.05, 0.1) is 19.5 Å². The van der Waals surface area contributed by atoms with Gasteiger partial charge in [0.1, 0.15) is 17.3 Å². The Morgan fingerprint density at radius 2 is 2.02 bits per heavy atom. The molecule has 42 heavy (non-hydrogen) atoms. The lowest BCUT2D eigenvalue weighted by Crippen LogP contribution is -2.54. The zero-order chi connectivity index (χ0) is 34.4. The molecular weight excluding hydrogens is 531 g/mol. The molecule has 4 heterocycles. The Balaban J connectivity index is 1.86. The second-order valence-electron chi connectivity index (χ2n) is 10.7. The molecule has 0 radical (unpaired) electrons. The fraction of sp³-hybridized carbons (Fsp3) is 0.303. The predicted molar refractivity (Wildman–Crippen MR) is 165 cm³/mol. The number of nitrogens with zero attached hydrogens (tertiary/aromatic N) is 6. The van der Waals surface area contributed by atoms with E-state index in [1.54, 1.807) is 23.2 Å². The number of pyridine rings is 2. The number of amides is 1. The Kier molecular flexibility index (Phi) is 6.19. The van der Waals surface area contributed by atoms with Crippen molar-refractivity contribution in [3.8, 4) is 16.9 Å². The number of hydrogen-bond donors (Lipinski definition) is 0. The van der Waals surface area contributed by atoms with Crippen LogP contribution in [0.1, 0.15) is 57.2 Å². The van der Waals surface area contributed by atoms with Gasteiger partial charge in [0.15, 0.2) is 5.65 Å². The van der Waals surface area contributed by atoms with Crippen LogP contribution in [0, 0.1) is 12.7 Å². The largest absolute Gasteiger partial charge is 0.355 e. The normalized spacial score (nSPS) is 17.3. The lowest BCUT2D eigenvalue weighted by atomic mass is 9.98. The van der Waals surface area contributed by atoms with Gasteiger partial charge in [-0.2, -0.15) is 4.98 Å². The molecule has 0 spiro atoms. The number of anilines is 1. The fourth-order valence-electron chi connectivity index (χ4n) is 5.51. The van der Waals surface area contributed by atoms with Crippen LogP contribution in [0.15, 0.2) is 66.6 Å². The number of rotatable bonds is 6. The topological polar surface area (TPSA) is 84.2 Å². The van der Waals surface area contributed by atoms with E-state index in [0.29, 0.717) is 36.6 Å². The van der Waals surface area contributed by atoms with Gasteiger partial charge in [0.25, 0.3) is 0 Å². The molecule has 0 bridgehead atoms. The summed E-state index contributed by atoms with van der Waals surface area (Å²) >= 11 is 0. The van der Waals surface area contributed by atoms with Crippen LogP contribution in [0.25, 0.3) is 33.6 Å². The molecule has 5 rings (SSSR count). The second kappa shape index (κ2) is 11.3. The molecule has 0 unspecified atom stereocenters. The van der Waals surface area contributed by atoms with E-state index in [1.807, 2.05) is 32.6 Å². The lowest BCUT2D eigenvalue weighted by molar-refractivity contribution is -0.126. The molecule has 4 aromatic rings. The van der Waals surface area contributed by atoms with Crippen molar-refractivity contribution in [3.63, 3.8) is 0 Å². The number of piperazine rings is 1. The molecule has 1 amide bonds. The molecule has 8 nitrogen and oxygen atoms in total. The van der Waals surface area contributed by atoms with E-state index in [9.17, 15) is 9.59 Å². The van der Waals surface area contributed by atoms with Crippen molar-refractivity contribution in [1.82, 2.24) is 24.4 Å². The van der Waals surface area contributed by atoms with Crippen molar-refractivity contribution in [1.29, 1.82) is 0 Å². The van der Waals surface area contributed by atoms with Crippen LogP contribution in [0.2, 0.25) is 0 Å². The fourth-order valence-corrected chi connectivity index (χ4v) is 5.51. The Labute approximate surface area is 251 Å². The maximum absolute atomic E-state index is 16.4. The van der Waals surface area contributed by atoms with Crippen LogP contribution < -0.4 is 10.6 Å². The van der Waals surface area contributed by atoms with Crippen molar-refractivity contribution in [2.24, 2.45) is 0 Å². The maximum Gasteiger partial charge on any atom is 0.355 e. The first-order valence-electron chi connectivity index (χ1n) is 16.2. The van der Waals surface area contributed by atoms with Gasteiger partial charge in [0.2, 0.25) is 5.91 Å². The number of allylic oxidation sites excluding steroid dienone is 1. The number of fused-ring (bicyclic) bond motifs is 1. The minimum absolute atomic E-state index is 0.0431. The summed E-state index contributed by atoms with van der Waals surface area (Å²) < 4.78 is 57.6. The minimum atomic E-state index is -2.84. The van der Waals surface area contributed by atoms with Crippen LogP contribution in [-0.4, -0.2) is 56.0 Å². The molecule has 1 aliphatic heterocycles. The zero-order valence-corrected chi connectivity index (χ0v) is 24.0. The van der Waals surface area contributed by atoms with Gasteiger partial charge < -0.3 is 9.80 Å². The van der Waals surface area contributed by atoms with Gasteiger partial charge in [-0.05, 0) is 56.0 Å². The average molecular weight is 572 g/mol. The third kappa shape index (κ3) is 5.00. The predicted octanol–water partition coefficient (Wildman–Crippen LogP) is 5.67. The monoisotopic (exact) mass is 571 g/mol. The van der Waals surface area contributed by atoms with Crippen molar-refractivity contribution >= 4 is 28.3 Å². The number of aromatic nitrogens is 4. The molecule has 0 N–H and O–H groups in total. The highest BCUT2D eigenvalue weighted by Crippen LogP contribution is 2.35. The second-order valence-corrected chi connectivity index (χ2v) is 10.7. The molecule has 1 saturated heterocycles. The van der Waals surface area contributed by atoms with Crippen LogP contribution in [0.3, 0.4) is 0 Å². The Bertz CT molecular complexity index is 1990. The van der Waals surface area contributed by atoms with Crippen molar-refractivity contribution in [3.05, 3.63) is 94.9 Å². The van der Waals surface area contributed by atoms with E-state index in [-0.39, 0.29) is 51.5 Å². The lowest BCUT2D eigenvalue weighted by Gasteiger charge is -2.40. The summed E-state index contributed by atoms with van der Waals surface area (Å²) in [6.07, 6.45) is 2.89. The molecule has 216 valence electrons. The van der Waals surface area contributed by atoms with Gasteiger partial charge >= 0.3 is 5.69 Å². The Morgan fingerprint density at radius 3 is 2.71 bits per heavy atom. The van der Waals surface area contributed by atoms with Crippen LogP contribution in [0.4, 0.5) is 10.2 Å². The highest BCUT2D eigenvalue weighted by Gasteiger charge is 2.30. The molecule has 1 aromatic carbocycles. The maximum atomic E-state index is 16.4. The van der Waals surface area contributed by atoms with Crippen molar-refractivity contribution < 1.29 is 16.0 Å². The zero-order valence-electron chi connectivity index (χ0n) is 29.0. The first-order valence-corrected chi connectivity index (χ1v) is 13.7. The number of carbonyl (C=O) groups excluding carboxylic acids is 1. The molecule has 9 heteroatoms. The van der Waals surface area contributed by atoms with Crippen LogP contribution in [0.5, 0.6) is 0 Å². The smallest absolute Gasteiger partial charge is 0.350 e. The molecule has 0 saturated carbocycles. The highest BCUT2D eigenvalue weighted by atomic mass is 19.1. The minimum Gasteiger partial charge on any atom is -0.350 e. The standard InChI is InChI=1S/C33H35FN6O2/c1-8-27(41)38-15-16-39(22(7)18-38)31-25-17-26(34)29(24-12-10-9-11-23(24)19(2)3)36-32(25)40(33(42)37-31)30-21(6)13-14-35-28(30)20(4)5/h8-14,17,20,22H,1-2,15-16,18H2,3-7H3/t22-/m0/s1/i2D2,3D3. The summed E-state index contributed by atoms with van der Waals surface area (Å²) in [5.41, 5.74) is 0.328. The number of halogens is 1. The van der Waals surface area contributed by atoms with E-state index in [1.165, 1.54) is 34.9 Å². The van der Waals surface area contributed by atoms with Gasteiger partial charge in [0, 0.05) is 41.5 Å². The summed E-state index contributed by atoms with van der Waals surface area (Å²) in [4.78, 5) is 43.7. The molecule has 0 aliphatic carbocycles. The van der Waals surface area contributed by atoms with Crippen molar-refractivity contribution in [2.45, 2.75) is 46.5 Å². The molecule has 1 fully saturated rings. The Morgan fingerprint density at radius 1 is 1.24 bits per heavy atom. The highest BCUT2D eigenvalue weighted by molar-refractivity contribution is 5.92. The van der Waals surface area contributed by atoms with E-state index < -0.39 is 30.5 Å². The summed E-state index contributed by atoms with van der Waals surface area (Å²) in [6, 6.07) is 8.67. The third-order valence-electron chi connectivity index (χ3n) is 7.56. The van der Waals surface area contributed by atoms with Gasteiger partial charge in [-0.25, -0.2) is 18.7 Å². The molecule has 1 atom stereocenters. The first-order chi connectivity index (χ1) is 22.1. The Hall–Kier alpha value is -4.66. The van der Waals surface area contributed by atoms with Crippen LogP contribution in [-0.2, 0) is 4.79 Å². The van der Waals surface area contributed by atoms with E-state index in [4.69, 9.17) is 11.8 Å². The van der Waals surface area contributed by atoms with E-state index in [0.717, 1.165) is 0 Å². The molecule has 1 aliphatic rings. The summed E-state index contributed by atoms with van der Waals surface area (Å²) in [5.74, 6) is -0.953.